The van der Waals surface area contributed by atoms with Crippen molar-refractivity contribution in [3.63, 3.8) is 0 Å². The van der Waals surface area contributed by atoms with Gasteiger partial charge < -0.3 is 14.8 Å². The van der Waals surface area contributed by atoms with Crippen LogP contribution in [0.4, 0.5) is 0 Å². The van der Waals surface area contributed by atoms with Crippen LogP contribution in [0.2, 0.25) is 0 Å². The van der Waals surface area contributed by atoms with E-state index in [2.05, 4.69) is 24.1 Å². The zero-order valence-corrected chi connectivity index (χ0v) is 20.6. The molecule has 9 heteroatoms. The lowest BCUT2D eigenvalue weighted by atomic mass is 10.0. The van der Waals surface area contributed by atoms with Crippen molar-refractivity contribution in [3.8, 4) is 0 Å². The highest BCUT2D eigenvalue weighted by atomic mass is 32.2. The number of carbonyl (C=O) groups excluding carboxylic acids is 2. The molecule has 0 bridgehead atoms. The van der Waals surface area contributed by atoms with E-state index in [0.29, 0.717) is 40.7 Å². The van der Waals surface area contributed by atoms with Crippen molar-refractivity contribution in [3.05, 3.63) is 34.1 Å². The van der Waals surface area contributed by atoms with E-state index >= 15 is 0 Å². The van der Waals surface area contributed by atoms with Crippen molar-refractivity contribution in [1.29, 1.82) is 0 Å². The van der Waals surface area contributed by atoms with Crippen LogP contribution in [0.5, 0.6) is 0 Å². The molecule has 1 aromatic heterocycles. The van der Waals surface area contributed by atoms with Crippen LogP contribution >= 0.6 is 11.8 Å². The quantitative estimate of drug-likeness (QED) is 0.319. The third-order valence-electron chi connectivity index (χ3n) is 5.67. The minimum absolute atomic E-state index is 0.0551. The maximum Gasteiger partial charge on any atom is 0.337 e. The fraction of sp³-hybridized carbons (Fsp3) is 0.583. The van der Waals surface area contributed by atoms with Gasteiger partial charge in [-0.25, -0.2) is 9.78 Å². The number of fused-ring (bicyclic) bond motifs is 1. The number of ether oxygens (including phenoxy) is 2. The Labute approximate surface area is 198 Å². The molecular weight excluding hydrogens is 442 g/mol. The van der Waals surface area contributed by atoms with Crippen molar-refractivity contribution in [2.24, 2.45) is 5.92 Å². The van der Waals surface area contributed by atoms with Gasteiger partial charge in [-0.05, 0) is 56.7 Å². The monoisotopic (exact) mass is 475 g/mol. The Balaban J connectivity index is 1.84. The molecule has 2 aromatic rings. The molecule has 1 amide bonds. The molecule has 2 heterocycles. The fourth-order valence-corrected chi connectivity index (χ4v) is 4.63. The number of hydrogen-bond acceptors (Lipinski definition) is 7. The van der Waals surface area contributed by atoms with Crippen LogP contribution in [0.3, 0.4) is 0 Å². The lowest BCUT2D eigenvalue weighted by molar-refractivity contribution is -0.119. The number of benzene rings is 1. The zero-order chi connectivity index (χ0) is 24.0. The van der Waals surface area contributed by atoms with Gasteiger partial charge in [0, 0.05) is 12.6 Å². The minimum Gasteiger partial charge on any atom is -0.465 e. The van der Waals surface area contributed by atoms with E-state index in [-0.39, 0.29) is 29.4 Å². The summed E-state index contributed by atoms with van der Waals surface area (Å²) in [6.07, 6.45) is 3.75. The van der Waals surface area contributed by atoms with Gasteiger partial charge in [0.25, 0.3) is 5.56 Å². The highest BCUT2D eigenvalue weighted by Crippen LogP contribution is 2.22. The van der Waals surface area contributed by atoms with Gasteiger partial charge in [-0.3, -0.25) is 14.2 Å². The Bertz CT molecular complexity index is 1050. The van der Waals surface area contributed by atoms with E-state index in [1.807, 2.05) is 6.92 Å². The minimum atomic E-state index is -0.494. The molecule has 33 heavy (non-hydrogen) atoms. The fourth-order valence-electron chi connectivity index (χ4n) is 3.81. The van der Waals surface area contributed by atoms with Gasteiger partial charge in [0.2, 0.25) is 5.91 Å². The van der Waals surface area contributed by atoms with Crippen molar-refractivity contribution < 1.29 is 19.1 Å². The number of esters is 1. The molecule has 3 rings (SSSR count). The molecule has 2 unspecified atom stereocenters. The molecule has 1 aliphatic heterocycles. The standard InChI is InChI=1S/C24H33N3O5S/c1-15(2)7-8-16(3)25-21(28)14-33-24-26-20-12-17(23(30)31-4)9-10-19(20)22(29)27(24)13-18-6-5-11-32-18/h9-10,12,15-16,18H,5-8,11,13-14H2,1-4H3,(H,25,28). The second kappa shape index (κ2) is 11.7. The predicted molar refractivity (Wildman–Crippen MR) is 129 cm³/mol. The average molecular weight is 476 g/mol. The summed E-state index contributed by atoms with van der Waals surface area (Å²) in [5.74, 6) is 0.137. The van der Waals surface area contributed by atoms with Crippen LogP contribution < -0.4 is 10.9 Å². The molecule has 0 radical (unpaired) electrons. The highest BCUT2D eigenvalue weighted by molar-refractivity contribution is 7.99. The molecule has 1 N–H and O–H groups in total. The predicted octanol–water partition coefficient (Wildman–Crippen LogP) is 3.40. The van der Waals surface area contributed by atoms with Gasteiger partial charge in [-0.1, -0.05) is 25.6 Å². The van der Waals surface area contributed by atoms with Gasteiger partial charge in [-0.2, -0.15) is 0 Å². The summed E-state index contributed by atoms with van der Waals surface area (Å²) in [5.41, 5.74) is 0.515. The molecule has 1 aromatic carbocycles. The molecular formula is C24H33N3O5S. The van der Waals surface area contributed by atoms with E-state index in [1.54, 1.807) is 22.8 Å². The van der Waals surface area contributed by atoms with E-state index in [9.17, 15) is 14.4 Å². The Morgan fingerprint density at radius 3 is 2.76 bits per heavy atom. The summed E-state index contributed by atoms with van der Waals surface area (Å²) in [7, 11) is 1.31. The average Bonchev–Trinajstić information content (AvgIpc) is 3.30. The van der Waals surface area contributed by atoms with E-state index < -0.39 is 5.97 Å². The van der Waals surface area contributed by atoms with Crippen LogP contribution in [0.15, 0.2) is 28.2 Å². The van der Waals surface area contributed by atoms with Gasteiger partial charge in [0.15, 0.2) is 5.16 Å². The number of carbonyl (C=O) groups is 2. The smallest absolute Gasteiger partial charge is 0.337 e. The number of nitrogens with one attached hydrogen (secondary N) is 1. The number of aromatic nitrogens is 2. The van der Waals surface area contributed by atoms with Crippen LogP contribution in [0.1, 0.15) is 56.8 Å². The maximum absolute atomic E-state index is 13.3. The topological polar surface area (TPSA) is 99.5 Å². The van der Waals surface area contributed by atoms with E-state index in [0.717, 1.165) is 25.7 Å². The van der Waals surface area contributed by atoms with Crippen LogP contribution in [0, 0.1) is 5.92 Å². The van der Waals surface area contributed by atoms with Gasteiger partial charge >= 0.3 is 5.97 Å². The van der Waals surface area contributed by atoms with E-state index in [4.69, 9.17) is 9.47 Å². The van der Waals surface area contributed by atoms with E-state index in [1.165, 1.54) is 18.9 Å². The second-order valence-electron chi connectivity index (χ2n) is 8.90. The summed E-state index contributed by atoms with van der Waals surface area (Å²) >= 11 is 1.22. The number of thioether (sulfide) groups is 1. The number of rotatable bonds is 10. The SMILES string of the molecule is COC(=O)c1ccc2c(=O)n(CC3CCCO3)c(SCC(=O)NC(C)CCC(C)C)nc2c1. The van der Waals surface area contributed by atoms with Crippen molar-refractivity contribution >= 4 is 34.5 Å². The van der Waals surface area contributed by atoms with Crippen molar-refractivity contribution in [2.75, 3.05) is 19.5 Å². The Hall–Kier alpha value is -2.39. The lowest BCUT2D eigenvalue weighted by Gasteiger charge is -2.17. The molecule has 8 nitrogen and oxygen atoms in total. The number of methoxy groups -OCH3 is 1. The molecule has 0 aliphatic carbocycles. The number of hydrogen-bond donors (Lipinski definition) is 1. The van der Waals surface area contributed by atoms with Gasteiger partial charge in [-0.15, -0.1) is 0 Å². The summed E-state index contributed by atoms with van der Waals surface area (Å²) in [4.78, 5) is 42.4. The third-order valence-corrected chi connectivity index (χ3v) is 6.64. The molecule has 1 saturated heterocycles. The Morgan fingerprint density at radius 2 is 2.09 bits per heavy atom. The van der Waals surface area contributed by atoms with Crippen molar-refractivity contribution in [2.45, 2.75) is 70.3 Å². The summed E-state index contributed by atoms with van der Waals surface area (Å²) in [6, 6.07) is 4.80. The first-order valence-electron chi connectivity index (χ1n) is 11.4. The first-order valence-corrected chi connectivity index (χ1v) is 12.4. The number of amides is 1. The van der Waals surface area contributed by atoms with Crippen LogP contribution in [0.25, 0.3) is 10.9 Å². The van der Waals surface area contributed by atoms with Gasteiger partial charge in [0.1, 0.15) is 0 Å². The normalized spacial score (nSPS) is 16.8. The molecule has 1 aliphatic rings. The van der Waals surface area contributed by atoms with Crippen molar-refractivity contribution in [1.82, 2.24) is 14.9 Å². The molecule has 180 valence electrons. The summed E-state index contributed by atoms with van der Waals surface area (Å²) in [5, 5.41) is 3.87. The maximum atomic E-state index is 13.3. The highest BCUT2D eigenvalue weighted by Gasteiger charge is 2.21. The molecule has 0 spiro atoms. The molecule has 0 saturated carbocycles. The second-order valence-corrected chi connectivity index (χ2v) is 9.84. The lowest BCUT2D eigenvalue weighted by Crippen LogP contribution is -2.34. The third kappa shape index (κ3) is 6.80. The Kier molecular flexibility index (Phi) is 8.91. The first-order chi connectivity index (χ1) is 15.8. The first kappa shape index (κ1) is 25.2. The molecule has 1 fully saturated rings. The zero-order valence-electron chi connectivity index (χ0n) is 19.8. The largest absolute Gasteiger partial charge is 0.465 e. The Morgan fingerprint density at radius 1 is 1.30 bits per heavy atom. The van der Waals surface area contributed by atoms with Crippen LogP contribution in [-0.4, -0.2) is 53.0 Å². The van der Waals surface area contributed by atoms with Gasteiger partial charge in [0.05, 0.1) is 42.0 Å². The summed E-state index contributed by atoms with van der Waals surface area (Å²) < 4.78 is 12.1. The molecule has 2 atom stereocenters. The summed E-state index contributed by atoms with van der Waals surface area (Å²) in [6.45, 7) is 7.39. The number of nitrogens with zero attached hydrogens (tertiary/aromatic N) is 2. The van der Waals surface area contributed by atoms with Crippen LogP contribution in [-0.2, 0) is 20.8 Å².